The monoisotopic (exact) mass is 196 g/mol. The van der Waals surface area contributed by atoms with Gasteiger partial charge in [-0.2, -0.15) is 0 Å². The molecular weight excluding hydrogens is 172 g/mol. The highest BCUT2D eigenvalue weighted by Crippen LogP contribution is 2.32. The molecule has 1 saturated carbocycles. The third kappa shape index (κ3) is 3.81. The molecule has 0 amide bonds. The summed E-state index contributed by atoms with van der Waals surface area (Å²) in [6.45, 7) is 8.72. The number of carbonyl (C=O) groups is 1. The van der Waals surface area contributed by atoms with Gasteiger partial charge in [0.15, 0.2) is 0 Å². The van der Waals surface area contributed by atoms with Crippen molar-refractivity contribution < 1.29 is 4.79 Å². The van der Waals surface area contributed by atoms with Crippen LogP contribution >= 0.6 is 0 Å². The molecule has 82 valence electrons. The van der Waals surface area contributed by atoms with Crippen LogP contribution in [-0.2, 0) is 4.79 Å². The van der Waals surface area contributed by atoms with Crippen LogP contribution in [-0.4, -0.2) is 5.78 Å². The summed E-state index contributed by atoms with van der Waals surface area (Å²) in [6.07, 6.45) is 5.60. The largest absolute Gasteiger partial charge is 0.299 e. The maximum absolute atomic E-state index is 12.0. The first-order chi connectivity index (χ1) is 6.38. The Morgan fingerprint density at radius 2 is 1.93 bits per heavy atom. The van der Waals surface area contributed by atoms with E-state index in [1.54, 1.807) is 0 Å². The van der Waals surface area contributed by atoms with Gasteiger partial charge in [0.2, 0.25) is 0 Å². The summed E-state index contributed by atoms with van der Waals surface area (Å²) in [5.74, 6) is 1.64. The van der Waals surface area contributed by atoms with E-state index in [2.05, 4.69) is 27.7 Å². The Morgan fingerprint density at radius 1 is 1.29 bits per heavy atom. The number of ketones is 1. The van der Waals surface area contributed by atoms with E-state index < -0.39 is 0 Å². The third-order valence-electron chi connectivity index (χ3n) is 3.10. The normalized spacial score (nSPS) is 28.9. The highest BCUT2D eigenvalue weighted by molar-refractivity contribution is 5.81. The van der Waals surface area contributed by atoms with E-state index in [9.17, 15) is 4.79 Å². The molecule has 1 fully saturated rings. The summed E-state index contributed by atoms with van der Waals surface area (Å²) in [5.41, 5.74) is 0.164. The van der Waals surface area contributed by atoms with Crippen LogP contribution in [0.15, 0.2) is 0 Å². The van der Waals surface area contributed by atoms with Crippen LogP contribution in [0.2, 0.25) is 0 Å². The van der Waals surface area contributed by atoms with Gasteiger partial charge in [-0.15, -0.1) is 0 Å². The van der Waals surface area contributed by atoms with Crippen molar-refractivity contribution in [3.63, 3.8) is 0 Å². The molecule has 1 nitrogen and oxygen atoms in total. The second-order valence-electron chi connectivity index (χ2n) is 6.17. The van der Waals surface area contributed by atoms with Gasteiger partial charge < -0.3 is 0 Å². The molecule has 0 aromatic carbocycles. The molecule has 0 aliphatic heterocycles. The molecule has 0 bridgehead atoms. The summed E-state index contributed by atoms with van der Waals surface area (Å²) in [6, 6.07) is 0. The lowest BCUT2D eigenvalue weighted by atomic mass is 9.76. The van der Waals surface area contributed by atoms with Gasteiger partial charge in [-0.25, -0.2) is 0 Å². The zero-order chi connectivity index (χ0) is 10.8. The first-order valence-corrected chi connectivity index (χ1v) is 5.91. The van der Waals surface area contributed by atoms with Crippen molar-refractivity contribution in [2.75, 3.05) is 0 Å². The fourth-order valence-corrected chi connectivity index (χ4v) is 2.39. The van der Waals surface area contributed by atoms with Crippen molar-refractivity contribution in [1.82, 2.24) is 0 Å². The Bertz CT molecular complexity index is 200. The Labute approximate surface area is 88.3 Å². The van der Waals surface area contributed by atoms with Crippen molar-refractivity contribution in [1.29, 1.82) is 0 Å². The lowest BCUT2D eigenvalue weighted by Gasteiger charge is -2.28. The van der Waals surface area contributed by atoms with Crippen molar-refractivity contribution in [2.24, 2.45) is 17.3 Å². The first-order valence-electron chi connectivity index (χ1n) is 5.91. The molecule has 0 spiro atoms. The van der Waals surface area contributed by atoms with Crippen LogP contribution in [0.5, 0.6) is 0 Å². The Morgan fingerprint density at radius 3 is 2.43 bits per heavy atom. The zero-order valence-corrected chi connectivity index (χ0v) is 10.1. The molecule has 2 unspecified atom stereocenters. The molecule has 0 aromatic heterocycles. The van der Waals surface area contributed by atoms with E-state index in [1.165, 1.54) is 12.8 Å². The first kappa shape index (κ1) is 11.7. The molecule has 0 aromatic rings. The molecular formula is C13H24O. The maximum Gasteiger partial charge on any atom is 0.136 e. The predicted octanol–water partition coefficient (Wildman–Crippen LogP) is 3.82. The van der Waals surface area contributed by atoms with Crippen LogP contribution in [0.1, 0.15) is 59.8 Å². The molecule has 0 radical (unpaired) electrons. The topological polar surface area (TPSA) is 17.1 Å². The van der Waals surface area contributed by atoms with E-state index in [0.717, 1.165) is 25.2 Å². The summed E-state index contributed by atoms with van der Waals surface area (Å²) in [5, 5.41) is 0. The maximum atomic E-state index is 12.0. The molecule has 1 heteroatoms. The number of Topliss-reactive ketones (excluding diaryl/α,β-unsaturated/α-hetero) is 1. The number of hydrogen-bond acceptors (Lipinski definition) is 1. The molecule has 1 aliphatic carbocycles. The van der Waals surface area contributed by atoms with Gasteiger partial charge >= 0.3 is 0 Å². The smallest absolute Gasteiger partial charge is 0.136 e. The molecule has 14 heavy (non-hydrogen) atoms. The van der Waals surface area contributed by atoms with E-state index in [-0.39, 0.29) is 5.41 Å². The SMILES string of the molecule is CC1CCCC(C(=O)CC(C)(C)C)C1. The Hall–Kier alpha value is -0.330. The molecule has 0 N–H and O–H groups in total. The fourth-order valence-electron chi connectivity index (χ4n) is 2.39. The zero-order valence-electron chi connectivity index (χ0n) is 10.1. The lowest BCUT2D eigenvalue weighted by Crippen LogP contribution is -2.25. The average Bonchev–Trinajstić information content (AvgIpc) is 2.01. The predicted molar refractivity (Wildman–Crippen MR) is 60.2 cm³/mol. The minimum absolute atomic E-state index is 0.164. The van der Waals surface area contributed by atoms with Crippen LogP contribution in [0.25, 0.3) is 0 Å². The van der Waals surface area contributed by atoms with Gasteiger partial charge in [0.1, 0.15) is 5.78 Å². The Balaban J connectivity index is 2.44. The summed E-state index contributed by atoms with van der Waals surface area (Å²) in [4.78, 5) is 12.0. The van der Waals surface area contributed by atoms with Crippen LogP contribution in [0, 0.1) is 17.3 Å². The van der Waals surface area contributed by atoms with Crippen LogP contribution in [0.4, 0.5) is 0 Å². The van der Waals surface area contributed by atoms with Gasteiger partial charge in [0.25, 0.3) is 0 Å². The highest BCUT2D eigenvalue weighted by atomic mass is 16.1. The van der Waals surface area contributed by atoms with Crippen molar-refractivity contribution >= 4 is 5.78 Å². The van der Waals surface area contributed by atoms with Crippen LogP contribution < -0.4 is 0 Å². The minimum atomic E-state index is 0.164. The fraction of sp³-hybridized carbons (Fsp3) is 0.923. The van der Waals surface area contributed by atoms with Crippen molar-refractivity contribution in [2.45, 2.75) is 59.8 Å². The quantitative estimate of drug-likeness (QED) is 0.656. The molecule has 1 rings (SSSR count). The lowest BCUT2D eigenvalue weighted by molar-refractivity contribution is -0.126. The van der Waals surface area contributed by atoms with E-state index in [0.29, 0.717) is 11.7 Å². The molecule has 2 atom stereocenters. The molecule has 0 heterocycles. The third-order valence-corrected chi connectivity index (χ3v) is 3.10. The highest BCUT2D eigenvalue weighted by Gasteiger charge is 2.27. The molecule has 0 saturated heterocycles. The summed E-state index contributed by atoms with van der Waals surface area (Å²) >= 11 is 0. The number of hydrogen-bond donors (Lipinski definition) is 0. The van der Waals surface area contributed by atoms with Gasteiger partial charge in [-0.05, 0) is 24.2 Å². The van der Waals surface area contributed by atoms with Gasteiger partial charge in [-0.3, -0.25) is 4.79 Å². The van der Waals surface area contributed by atoms with Crippen LogP contribution in [0.3, 0.4) is 0 Å². The standard InChI is InChI=1S/C13H24O/c1-10-6-5-7-11(8-10)12(14)9-13(2,3)4/h10-11H,5-9H2,1-4H3. The minimum Gasteiger partial charge on any atom is -0.299 e. The second-order valence-corrected chi connectivity index (χ2v) is 6.17. The average molecular weight is 196 g/mol. The summed E-state index contributed by atoms with van der Waals surface area (Å²) in [7, 11) is 0. The molecule has 1 aliphatic rings. The van der Waals surface area contributed by atoms with Gasteiger partial charge in [-0.1, -0.05) is 40.5 Å². The van der Waals surface area contributed by atoms with Gasteiger partial charge in [0, 0.05) is 12.3 Å². The van der Waals surface area contributed by atoms with E-state index >= 15 is 0 Å². The number of carbonyl (C=O) groups excluding carboxylic acids is 1. The summed E-state index contributed by atoms with van der Waals surface area (Å²) < 4.78 is 0. The van der Waals surface area contributed by atoms with Gasteiger partial charge in [0.05, 0.1) is 0 Å². The van der Waals surface area contributed by atoms with Crippen molar-refractivity contribution in [3.8, 4) is 0 Å². The van der Waals surface area contributed by atoms with E-state index in [1.807, 2.05) is 0 Å². The number of rotatable bonds is 2. The second kappa shape index (κ2) is 4.46. The Kier molecular flexibility index (Phi) is 3.74. The van der Waals surface area contributed by atoms with Crippen molar-refractivity contribution in [3.05, 3.63) is 0 Å². The van der Waals surface area contributed by atoms with E-state index in [4.69, 9.17) is 0 Å².